The number of halogens is 24. The number of hydrogen-bond donors (Lipinski definition) is 0. The Hall–Kier alpha value is -1.57. The van der Waals surface area contributed by atoms with Crippen LogP contribution in [0.2, 0.25) is 0 Å². The van der Waals surface area contributed by atoms with Gasteiger partial charge in [0.15, 0.2) is 18.5 Å². The second-order valence-corrected chi connectivity index (χ2v) is 9.44. The van der Waals surface area contributed by atoms with Crippen LogP contribution in [0.15, 0.2) is 0 Å². The molecule has 0 bridgehead atoms. The second-order valence-electron chi connectivity index (χ2n) is 8.00. The van der Waals surface area contributed by atoms with E-state index in [1.807, 2.05) is 13.6 Å². The lowest BCUT2D eigenvalue weighted by Gasteiger charge is -2.36. The highest BCUT2D eigenvalue weighted by Crippen LogP contribution is 2.66. The third-order valence-corrected chi connectivity index (χ3v) is 5.61. The van der Waals surface area contributed by atoms with Crippen molar-refractivity contribution >= 4 is 7.82 Å². The summed E-state index contributed by atoms with van der Waals surface area (Å²) in [6.07, 6.45) is -69.4. The van der Waals surface area contributed by atoms with E-state index in [2.05, 4.69) is 0 Å². The van der Waals surface area contributed by atoms with Gasteiger partial charge in [0.05, 0.1) is 19.3 Å². The van der Waals surface area contributed by atoms with Crippen LogP contribution in [-0.4, -0.2) is 73.1 Å². The first-order chi connectivity index (χ1) is 18.8. The molecule has 0 N–H and O–H groups in total. The molecule has 0 saturated heterocycles. The van der Waals surface area contributed by atoms with E-state index in [-0.39, 0.29) is 0 Å². The number of phosphoric acid groups is 1. The highest BCUT2D eigenvalue weighted by Gasteiger charge is 2.75. The van der Waals surface area contributed by atoms with Crippen molar-refractivity contribution in [2.45, 2.75) is 92.4 Å². The summed E-state index contributed by atoms with van der Waals surface area (Å²) >= 11 is 0. The van der Waals surface area contributed by atoms with Crippen molar-refractivity contribution in [2.75, 3.05) is 0 Å². The Morgan fingerprint density at radius 1 is 0.386 bits per heavy atom. The van der Waals surface area contributed by atoms with Crippen molar-refractivity contribution in [3.8, 4) is 0 Å². The molecule has 0 aliphatic heterocycles. The van der Waals surface area contributed by atoms with Crippen molar-refractivity contribution in [1.29, 1.82) is 0 Å². The van der Waals surface area contributed by atoms with Crippen molar-refractivity contribution in [3.63, 3.8) is 0 Å². The highest BCUT2D eigenvalue weighted by molar-refractivity contribution is 7.48. The monoisotopic (exact) mass is 740 g/mol. The second kappa shape index (κ2) is 12.6. The fourth-order valence-corrected chi connectivity index (χ4v) is 3.52. The minimum absolute atomic E-state index is 1.85. The van der Waals surface area contributed by atoms with Gasteiger partial charge in [-0.25, -0.2) is 31.3 Å². The largest absolute Gasteiger partial charge is 0.489 e. The summed E-state index contributed by atoms with van der Waals surface area (Å²) in [6.45, 7) is 0. The summed E-state index contributed by atoms with van der Waals surface area (Å²) in [5, 5.41) is 0. The first-order valence-corrected chi connectivity index (χ1v) is 11.3. The van der Waals surface area contributed by atoms with Gasteiger partial charge in [0.1, 0.15) is 0 Å². The third-order valence-electron chi connectivity index (χ3n) is 4.26. The molecule has 0 radical (unpaired) electrons. The van der Waals surface area contributed by atoms with Crippen LogP contribution < -0.4 is 0 Å². The van der Waals surface area contributed by atoms with Crippen molar-refractivity contribution in [3.05, 3.63) is 0 Å². The molecule has 0 amide bonds. The third kappa shape index (κ3) is 10.8. The van der Waals surface area contributed by atoms with Gasteiger partial charge in [-0.05, 0) is 0 Å². The number of alkyl halides is 24. The molecule has 3 unspecified atom stereocenters. The van der Waals surface area contributed by atoms with E-state index < -0.39 is 100 Å². The zero-order chi connectivity index (χ0) is 36.0. The Balaban J connectivity index is 7.01. The Bertz CT molecular complexity index is 877. The summed E-state index contributed by atoms with van der Waals surface area (Å²) in [6, 6.07) is 0. The zero-order valence-electron chi connectivity index (χ0n) is 19.5. The molecule has 0 aromatic heterocycles. The van der Waals surface area contributed by atoms with Crippen LogP contribution in [0, 0.1) is 0 Å². The minimum Gasteiger partial charge on any atom is -0.240 e. The van der Waals surface area contributed by atoms with Gasteiger partial charge in [-0.3, -0.25) is 0 Å². The first kappa shape index (κ1) is 42.4. The molecule has 0 rings (SSSR count). The lowest BCUT2D eigenvalue weighted by Crippen LogP contribution is -2.54. The summed E-state index contributed by atoms with van der Waals surface area (Å²) in [4.78, 5) is 0. The molecule has 3 atom stereocenters. The maximum absolute atomic E-state index is 13.8. The van der Waals surface area contributed by atoms with E-state index in [1.54, 1.807) is 0 Å². The van der Waals surface area contributed by atoms with Gasteiger partial charge >= 0.3 is 62.4 Å². The standard InChI is InChI=1S/C15H9F24O4P/c16-4(1-7(19,20)21)10(28,29)13(34,35)41-44(40,42-14(36,37)11(30,31)5(17)2-8(22,23)24)43-15(38,39)12(32,33)6(18)3-9(25,26)27/h4-6H,1-3H2. The van der Waals surface area contributed by atoms with Crippen LogP contribution in [0.3, 0.4) is 0 Å². The van der Waals surface area contributed by atoms with Gasteiger partial charge in [-0.1, -0.05) is 0 Å². The van der Waals surface area contributed by atoms with E-state index in [0.29, 0.717) is 0 Å². The number of phosphoric ester groups is 1. The van der Waals surface area contributed by atoms with Crippen LogP contribution in [0.25, 0.3) is 0 Å². The quantitative estimate of drug-likeness (QED) is 0.124. The van der Waals surface area contributed by atoms with Gasteiger partial charge in [0.2, 0.25) is 0 Å². The molecular weight excluding hydrogens is 731 g/mol. The van der Waals surface area contributed by atoms with Gasteiger partial charge in [0.25, 0.3) is 0 Å². The molecule has 266 valence electrons. The Kier molecular flexibility index (Phi) is 12.1. The first-order valence-electron chi connectivity index (χ1n) is 9.87. The summed E-state index contributed by atoms with van der Waals surface area (Å²) in [5.41, 5.74) is 0. The molecule has 44 heavy (non-hydrogen) atoms. The van der Waals surface area contributed by atoms with Crippen molar-refractivity contribution < 1.29 is 124 Å². The molecule has 0 aromatic rings. The number of hydrogen-bond acceptors (Lipinski definition) is 4. The van der Waals surface area contributed by atoms with Gasteiger partial charge < -0.3 is 0 Å². The smallest absolute Gasteiger partial charge is 0.240 e. The summed E-state index contributed by atoms with van der Waals surface area (Å²) in [7, 11) is -9.18. The van der Waals surface area contributed by atoms with E-state index in [9.17, 15) is 110 Å². The molecule has 0 aliphatic carbocycles. The molecule has 0 aliphatic rings. The van der Waals surface area contributed by atoms with Crippen LogP contribution >= 0.6 is 7.82 Å². The zero-order valence-corrected chi connectivity index (χ0v) is 20.4. The maximum Gasteiger partial charge on any atom is 0.489 e. The van der Waals surface area contributed by atoms with Crippen LogP contribution in [0.5, 0.6) is 0 Å². The van der Waals surface area contributed by atoms with Crippen molar-refractivity contribution in [1.82, 2.24) is 0 Å². The van der Waals surface area contributed by atoms with Crippen molar-refractivity contribution in [2.24, 2.45) is 0 Å². The average molecular weight is 740 g/mol. The Morgan fingerprint density at radius 2 is 0.545 bits per heavy atom. The van der Waals surface area contributed by atoms with E-state index >= 15 is 0 Å². The molecular formula is C15H9F24O4P. The molecule has 4 nitrogen and oxygen atoms in total. The van der Waals surface area contributed by atoms with E-state index in [4.69, 9.17) is 0 Å². The minimum atomic E-state index is -9.18. The maximum atomic E-state index is 13.8. The SMILES string of the molecule is O=P(OC(F)(F)C(F)(F)C(F)CC(F)(F)F)(OC(F)(F)C(F)(F)C(F)CC(F)(F)F)OC(F)(F)C(F)(F)C(F)CC(F)(F)F. The fourth-order valence-electron chi connectivity index (χ4n) is 2.20. The summed E-state index contributed by atoms with van der Waals surface area (Å²) < 4.78 is 331. The Morgan fingerprint density at radius 3 is 0.682 bits per heavy atom. The number of rotatable bonds is 15. The van der Waals surface area contributed by atoms with E-state index in [0.717, 1.165) is 0 Å². The van der Waals surface area contributed by atoms with Gasteiger partial charge in [0, 0.05) is 0 Å². The lowest BCUT2D eigenvalue weighted by molar-refractivity contribution is -0.380. The molecule has 29 heteroatoms. The predicted octanol–water partition coefficient (Wildman–Crippen LogP) is 9.70. The topological polar surface area (TPSA) is 44.8 Å². The lowest BCUT2D eigenvalue weighted by atomic mass is 10.1. The normalized spacial score (nSPS) is 19.0. The average Bonchev–Trinajstić information content (AvgIpc) is 2.67. The van der Waals surface area contributed by atoms with Crippen LogP contribution in [0.4, 0.5) is 105 Å². The van der Waals surface area contributed by atoms with E-state index in [1.165, 1.54) is 0 Å². The fraction of sp³-hybridized carbons (Fsp3) is 1.00. The van der Waals surface area contributed by atoms with Crippen LogP contribution in [-0.2, 0) is 18.1 Å². The van der Waals surface area contributed by atoms with Gasteiger partial charge in [-0.2, -0.15) is 92.2 Å². The molecule has 0 fully saturated rings. The molecule has 0 spiro atoms. The Labute approximate surface area is 225 Å². The van der Waals surface area contributed by atoms with Gasteiger partial charge in [-0.15, -0.1) is 0 Å². The summed E-state index contributed by atoms with van der Waals surface area (Å²) in [5.74, 6) is -22.0. The predicted molar refractivity (Wildman–Crippen MR) is 87.2 cm³/mol. The van der Waals surface area contributed by atoms with Crippen LogP contribution in [0.1, 0.15) is 19.3 Å². The molecule has 0 saturated carbocycles. The molecule has 0 aromatic carbocycles. The highest BCUT2D eigenvalue weighted by atomic mass is 31.2. The molecule has 0 heterocycles.